The first-order chi connectivity index (χ1) is 11.1. The molecule has 23 heavy (non-hydrogen) atoms. The van der Waals surface area contributed by atoms with E-state index in [1.165, 1.54) is 11.8 Å². The summed E-state index contributed by atoms with van der Waals surface area (Å²) in [6.45, 7) is -0.452. The number of carbonyl (C=O) groups is 3. The van der Waals surface area contributed by atoms with E-state index >= 15 is 0 Å². The van der Waals surface area contributed by atoms with E-state index in [0.29, 0.717) is 0 Å². The summed E-state index contributed by atoms with van der Waals surface area (Å²) in [5, 5.41) is 4.89. The first-order valence-electron chi connectivity index (χ1n) is 7.57. The topological polar surface area (TPSA) is 84.5 Å². The van der Waals surface area contributed by atoms with Gasteiger partial charge in [-0.2, -0.15) is 0 Å². The maximum Gasteiger partial charge on any atom is 0.321 e. The number of nitrogens with one attached hydrogen (secondary N) is 2. The fourth-order valence-electron chi connectivity index (χ4n) is 2.30. The number of ether oxygens (including phenoxy) is 1. The van der Waals surface area contributed by atoms with Crippen LogP contribution >= 0.6 is 11.8 Å². The molecule has 0 aromatic heterocycles. The van der Waals surface area contributed by atoms with Crippen LogP contribution in [-0.2, 0) is 14.3 Å². The number of carbonyl (C=O) groups excluding carboxylic acids is 3. The molecule has 0 unspecified atom stereocenters. The Morgan fingerprint density at radius 2 is 1.83 bits per heavy atom. The van der Waals surface area contributed by atoms with Gasteiger partial charge in [-0.3, -0.25) is 14.9 Å². The molecule has 0 heterocycles. The third-order valence-electron chi connectivity index (χ3n) is 3.41. The molecule has 124 valence electrons. The van der Waals surface area contributed by atoms with Crippen LogP contribution in [0.2, 0.25) is 0 Å². The summed E-state index contributed by atoms with van der Waals surface area (Å²) in [6, 6.07) is 9.03. The number of benzene rings is 1. The van der Waals surface area contributed by atoms with E-state index in [4.69, 9.17) is 4.74 Å². The number of rotatable bonds is 6. The van der Waals surface area contributed by atoms with Gasteiger partial charge in [0.2, 0.25) is 0 Å². The number of esters is 1. The highest BCUT2D eigenvalue weighted by atomic mass is 32.2. The van der Waals surface area contributed by atoms with Gasteiger partial charge in [0, 0.05) is 10.9 Å². The Morgan fingerprint density at radius 3 is 2.52 bits per heavy atom. The molecule has 7 heteroatoms. The van der Waals surface area contributed by atoms with Crippen LogP contribution in [0.1, 0.15) is 25.7 Å². The number of imide groups is 1. The molecule has 1 aromatic rings. The number of hydrogen-bond donors (Lipinski definition) is 2. The average molecular weight is 336 g/mol. The molecule has 3 amide bonds. The first-order valence-corrected chi connectivity index (χ1v) is 8.56. The van der Waals surface area contributed by atoms with Gasteiger partial charge in [0.25, 0.3) is 5.91 Å². The Balaban J connectivity index is 1.59. The van der Waals surface area contributed by atoms with Gasteiger partial charge in [-0.15, -0.1) is 11.8 Å². The van der Waals surface area contributed by atoms with Gasteiger partial charge in [0.15, 0.2) is 6.61 Å². The molecule has 0 aliphatic heterocycles. The van der Waals surface area contributed by atoms with Gasteiger partial charge in [0.1, 0.15) is 0 Å². The van der Waals surface area contributed by atoms with Gasteiger partial charge < -0.3 is 10.1 Å². The summed E-state index contributed by atoms with van der Waals surface area (Å²) >= 11 is 1.33. The molecular weight excluding hydrogens is 316 g/mol. The highest BCUT2D eigenvalue weighted by molar-refractivity contribution is 8.00. The largest absolute Gasteiger partial charge is 0.455 e. The fraction of sp³-hybridized carbons (Fsp3) is 0.438. The minimum Gasteiger partial charge on any atom is -0.455 e. The molecule has 1 aliphatic carbocycles. The van der Waals surface area contributed by atoms with Gasteiger partial charge in [-0.1, -0.05) is 31.0 Å². The van der Waals surface area contributed by atoms with Crippen LogP contribution in [0.4, 0.5) is 4.79 Å². The van der Waals surface area contributed by atoms with E-state index < -0.39 is 24.5 Å². The molecule has 0 atom stereocenters. The summed E-state index contributed by atoms with van der Waals surface area (Å²) < 4.78 is 4.84. The smallest absolute Gasteiger partial charge is 0.321 e. The normalized spacial score (nSPS) is 14.3. The number of amides is 3. The monoisotopic (exact) mass is 336 g/mol. The van der Waals surface area contributed by atoms with Crippen molar-refractivity contribution in [3.63, 3.8) is 0 Å². The van der Waals surface area contributed by atoms with Crippen molar-refractivity contribution < 1.29 is 19.1 Å². The molecule has 1 aromatic carbocycles. The minimum absolute atomic E-state index is 0.117. The zero-order chi connectivity index (χ0) is 16.5. The third kappa shape index (κ3) is 6.73. The lowest BCUT2D eigenvalue weighted by atomic mass is 10.2. The number of hydrogen-bond acceptors (Lipinski definition) is 5. The van der Waals surface area contributed by atoms with Crippen molar-refractivity contribution in [2.75, 3.05) is 12.4 Å². The van der Waals surface area contributed by atoms with E-state index in [2.05, 4.69) is 10.6 Å². The average Bonchev–Trinajstić information content (AvgIpc) is 3.04. The number of urea groups is 1. The van der Waals surface area contributed by atoms with Crippen molar-refractivity contribution in [1.29, 1.82) is 0 Å². The van der Waals surface area contributed by atoms with Crippen LogP contribution in [0.3, 0.4) is 0 Å². The standard InChI is InChI=1S/C16H20N2O4S/c19-14(18-16(21)17-12-6-4-5-7-12)10-22-15(20)11-23-13-8-2-1-3-9-13/h1-3,8-9,12H,4-7,10-11H2,(H2,17,18,19,21). The second-order valence-corrected chi connectivity index (χ2v) is 6.31. The Hall–Kier alpha value is -2.02. The van der Waals surface area contributed by atoms with Crippen LogP contribution in [0, 0.1) is 0 Å². The van der Waals surface area contributed by atoms with Crippen LogP contribution in [0.25, 0.3) is 0 Å². The Labute approximate surface area is 139 Å². The van der Waals surface area contributed by atoms with Gasteiger partial charge >= 0.3 is 12.0 Å². The second-order valence-electron chi connectivity index (χ2n) is 5.27. The molecule has 1 saturated carbocycles. The lowest BCUT2D eigenvalue weighted by Gasteiger charge is -2.12. The van der Waals surface area contributed by atoms with Crippen molar-refractivity contribution in [1.82, 2.24) is 10.6 Å². The van der Waals surface area contributed by atoms with E-state index in [1.54, 1.807) is 0 Å². The molecule has 2 N–H and O–H groups in total. The summed E-state index contributed by atoms with van der Waals surface area (Å²) in [6.07, 6.45) is 4.06. The molecule has 2 rings (SSSR count). The van der Waals surface area contributed by atoms with Crippen molar-refractivity contribution in [3.8, 4) is 0 Å². The molecule has 0 bridgehead atoms. The van der Waals surface area contributed by atoms with E-state index in [1.807, 2.05) is 30.3 Å². The minimum atomic E-state index is -0.626. The van der Waals surface area contributed by atoms with Gasteiger partial charge in [-0.25, -0.2) is 4.79 Å². The number of thioether (sulfide) groups is 1. The quantitative estimate of drug-likeness (QED) is 0.614. The lowest BCUT2D eigenvalue weighted by molar-refractivity contribution is -0.145. The Kier molecular flexibility index (Phi) is 6.93. The van der Waals surface area contributed by atoms with Crippen molar-refractivity contribution in [3.05, 3.63) is 30.3 Å². The van der Waals surface area contributed by atoms with Crippen LogP contribution in [-0.4, -0.2) is 36.3 Å². The van der Waals surface area contributed by atoms with Crippen LogP contribution in [0.15, 0.2) is 35.2 Å². The van der Waals surface area contributed by atoms with Crippen molar-refractivity contribution in [2.24, 2.45) is 0 Å². The first kappa shape index (κ1) is 17.3. The Morgan fingerprint density at radius 1 is 1.13 bits per heavy atom. The summed E-state index contributed by atoms with van der Waals surface area (Å²) in [4.78, 5) is 35.6. The van der Waals surface area contributed by atoms with Crippen LogP contribution < -0.4 is 10.6 Å². The zero-order valence-corrected chi connectivity index (χ0v) is 13.6. The maximum absolute atomic E-state index is 11.6. The maximum atomic E-state index is 11.6. The van der Waals surface area contributed by atoms with Gasteiger partial charge in [-0.05, 0) is 25.0 Å². The Bertz CT molecular complexity index is 544. The SMILES string of the molecule is O=C(COC(=O)CSc1ccccc1)NC(=O)NC1CCCC1. The molecule has 1 fully saturated rings. The molecule has 1 aliphatic rings. The second kappa shape index (κ2) is 9.19. The molecule has 0 spiro atoms. The summed E-state index contributed by atoms with van der Waals surface area (Å²) in [5.74, 6) is -1.00. The highest BCUT2D eigenvalue weighted by Gasteiger charge is 2.18. The van der Waals surface area contributed by atoms with Gasteiger partial charge in [0.05, 0.1) is 5.75 Å². The lowest BCUT2D eigenvalue weighted by Crippen LogP contribution is -2.45. The van der Waals surface area contributed by atoms with Crippen LogP contribution in [0.5, 0.6) is 0 Å². The molecule has 6 nitrogen and oxygen atoms in total. The third-order valence-corrected chi connectivity index (χ3v) is 4.39. The van der Waals surface area contributed by atoms with Crippen molar-refractivity contribution >= 4 is 29.7 Å². The van der Waals surface area contributed by atoms with E-state index in [9.17, 15) is 14.4 Å². The molecule has 0 saturated heterocycles. The van der Waals surface area contributed by atoms with Crippen molar-refractivity contribution in [2.45, 2.75) is 36.6 Å². The predicted octanol–water partition coefficient (Wildman–Crippen LogP) is 2.09. The van der Waals surface area contributed by atoms with E-state index in [-0.39, 0.29) is 11.8 Å². The predicted molar refractivity (Wildman–Crippen MR) is 87.1 cm³/mol. The highest BCUT2D eigenvalue weighted by Crippen LogP contribution is 2.17. The fourth-order valence-corrected chi connectivity index (χ4v) is 3.02. The summed E-state index contributed by atoms with van der Waals surface area (Å²) in [7, 11) is 0. The van der Waals surface area contributed by atoms with E-state index in [0.717, 1.165) is 30.6 Å². The molecular formula is C16H20N2O4S. The molecule has 0 radical (unpaired) electrons. The zero-order valence-electron chi connectivity index (χ0n) is 12.7. The summed E-state index contributed by atoms with van der Waals surface area (Å²) in [5.41, 5.74) is 0.